The Hall–Kier alpha value is -2.36. The summed E-state index contributed by atoms with van der Waals surface area (Å²) in [5, 5.41) is 6.65. The summed E-state index contributed by atoms with van der Waals surface area (Å²) in [4.78, 5) is 0. The van der Waals surface area contributed by atoms with Crippen molar-refractivity contribution >= 4 is 11.4 Å². The Labute approximate surface area is 157 Å². The van der Waals surface area contributed by atoms with Gasteiger partial charge in [-0.05, 0) is 49.1 Å². The van der Waals surface area contributed by atoms with E-state index < -0.39 is 0 Å². The first-order valence-electron chi connectivity index (χ1n) is 9.22. The van der Waals surface area contributed by atoms with Crippen molar-refractivity contribution in [3.8, 4) is 11.5 Å². The second-order valence-electron chi connectivity index (χ2n) is 7.74. The minimum atomic E-state index is 0.203. The first-order chi connectivity index (χ1) is 12.3. The van der Waals surface area contributed by atoms with E-state index in [9.17, 15) is 0 Å². The minimum absolute atomic E-state index is 0.203. The van der Waals surface area contributed by atoms with Gasteiger partial charge in [0, 0.05) is 12.6 Å². The molecule has 0 atom stereocenters. The Balaban J connectivity index is 0.000000190. The van der Waals surface area contributed by atoms with E-state index in [0.717, 1.165) is 36.0 Å². The molecule has 0 spiro atoms. The van der Waals surface area contributed by atoms with Crippen molar-refractivity contribution in [1.29, 1.82) is 0 Å². The fourth-order valence-corrected chi connectivity index (χ4v) is 2.68. The second-order valence-corrected chi connectivity index (χ2v) is 7.74. The van der Waals surface area contributed by atoms with Gasteiger partial charge in [-0.3, -0.25) is 0 Å². The molecule has 2 aromatic rings. The van der Waals surface area contributed by atoms with Crippen LogP contribution in [0.1, 0.15) is 40.2 Å². The van der Waals surface area contributed by atoms with Crippen LogP contribution in [0.25, 0.3) is 0 Å². The SMILES string of the molecule is CC(C)(C)c1ccc2c(c1)NCCO2.COc1ccccc1NC(C)C. The summed E-state index contributed by atoms with van der Waals surface area (Å²) in [6.07, 6.45) is 0. The van der Waals surface area contributed by atoms with Crippen molar-refractivity contribution in [2.24, 2.45) is 0 Å². The third-order valence-corrected chi connectivity index (χ3v) is 4.07. The number of fused-ring (bicyclic) bond motifs is 1. The lowest BCUT2D eigenvalue weighted by atomic mass is 9.86. The first-order valence-corrected chi connectivity index (χ1v) is 9.22. The molecule has 0 saturated heterocycles. The summed E-state index contributed by atoms with van der Waals surface area (Å²) in [5.74, 6) is 1.87. The van der Waals surface area contributed by atoms with Crippen LogP contribution in [-0.4, -0.2) is 26.3 Å². The molecule has 0 amide bonds. The fraction of sp³-hybridized carbons (Fsp3) is 0.455. The monoisotopic (exact) mass is 356 g/mol. The Morgan fingerprint density at radius 1 is 1.12 bits per heavy atom. The molecule has 0 radical (unpaired) electrons. The quantitative estimate of drug-likeness (QED) is 0.783. The number of nitrogens with one attached hydrogen (secondary N) is 2. The van der Waals surface area contributed by atoms with Crippen LogP contribution in [0, 0.1) is 0 Å². The maximum Gasteiger partial charge on any atom is 0.142 e. The van der Waals surface area contributed by atoms with Crippen molar-refractivity contribution in [3.05, 3.63) is 48.0 Å². The van der Waals surface area contributed by atoms with Gasteiger partial charge in [0.05, 0.1) is 18.5 Å². The smallest absolute Gasteiger partial charge is 0.142 e. The highest BCUT2D eigenvalue weighted by molar-refractivity contribution is 5.60. The normalized spacial score (nSPS) is 12.9. The molecule has 4 heteroatoms. The predicted molar refractivity (Wildman–Crippen MR) is 111 cm³/mol. The van der Waals surface area contributed by atoms with E-state index in [2.05, 4.69) is 63.5 Å². The van der Waals surface area contributed by atoms with E-state index >= 15 is 0 Å². The molecule has 4 nitrogen and oxygen atoms in total. The third-order valence-electron chi connectivity index (χ3n) is 4.07. The standard InChI is InChI=1S/C12H17NO.C10H15NO/c1-12(2,3)9-4-5-11-10(8-9)13-6-7-14-11;1-8(2)11-9-6-4-5-7-10(9)12-3/h4-5,8,13H,6-7H2,1-3H3;4-8,11H,1-3H3. The number of anilines is 2. The van der Waals surface area contributed by atoms with E-state index in [4.69, 9.17) is 9.47 Å². The van der Waals surface area contributed by atoms with Gasteiger partial charge < -0.3 is 20.1 Å². The summed E-state index contributed by atoms with van der Waals surface area (Å²) in [6.45, 7) is 12.5. The Morgan fingerprint density at radius 2 is 1.85 bits per heavy atom. The van der Waals surface area contributed by atoms with Gasteiger partial charge in [0.1, 0.15) is 18.1 Å². The Bertz CT molecular complexity index is 706. The van der Waals surface area contributed by atoms with Gasteiger partial charge in [0.25, 0.3) is 0 Å². The zero-order valence-corrected chi connectivity index (χ0v) is 16.8. The van der Waals surface area contributed by atoms with Gasteiger partial charge in [-0.1, -0.05) is 39.0 Å². The van der Waals surface area contributed by atoms with Crippen LogP contribution < -0.4 is 20.1 Å². The molecule has 0 bridgehead atoms. The van der Waals surface area contributed by atoms with Gasteiger partial charge in [-0.25, -0.2) is 0 Å². The molecule has 3 rings (SSSR count). The number of methoxy groups -OCH3 is 1. The minimum Gasteiger partial charge on any atom is -0.495 e. The molecule has 1 aliphatic rings. The van der Waals surface area contributed by atoms with Crippen LogP contribution in [0.2, 0.25) is 0 Å². The van der Waals surface area contributed by atoms with Crippen molar-refractivity contribution in [2.45, 2.75) is 46.1 Å². The predicted octanol–water partition coefficient (Wildman–Crippen LogP) is 5.30. The molecule has 142 valence electrons. The third kappa shape index (κ3) is 5.58. The maximum absolute atomic E-state index is 5.53. The Morgan fingerprint density at radius 3 is 2.50 bits per heavy atom. The number of hydrogen-bond donors (Lipinski definition) is 2. The molecule has 2 N–H and O–H groups in total. The lowest BCUT2D eigenvalue weighted by molar-refractivity contribution is 0.323. The first kappa shape index (κ1) is 20.0. The average Bonchev–Trinajstić information content (AvgIpc) is 2.61. The molecule has 0 saturated carbocycles. The number of benzene rings is 2. The summed E-state index contributed by atoms with van der Waals surface area (Å²) < 4.78 is 10.7. The van der Waals surface area contributed by atoms with Gasteiger partial charge in [0.2, 0.25) is 0 Å². The topological polar surface area (TPSA) is 42.5 Å². The maximum atomic E-state index is 5.53. The average molecular weight is 357 g/mol. The summed E-state index contributed by atoms with van der Waals surface area (Å²) in [6, 6.07) is 14.7. The number of ether oxygens (including phenoxy) is 2. The molecule has 0 fully saturated rings. The summed E-state index contributed by atoms with van der Waals surface area (Å²) in [7, 11) is 1.68. The van der Waals surface area contributed by atoms with E-state index in [0.29, 0.717) is 6.04 Å². The van der Waals surface area contributed by atoms with Crippen LogP contribution in [0.5, 0.6) is 11.5 Å². The van der Waals surface area contributed by atoms with Crippen molar-refractivity contribution in [1.82, 2.24) is 0 Å². The van der Waals surface area contributed by atoms with Crippen LogP contribution in [-0.2, 0) is 5.41 Å². The molecule has 1 heterocycles. The van der Waals surface area contributed by atoms with Crippen LogP contribution >= 0.6 is 0 Å². The molecule has 26 heavy (non-hydrogen) atoms. The van der Waals surface area contributed by atoms with Crippen LogP contribution in [0.4, 0.5) is 11.4 Å². The second kappa shape index (κ2) is 8.84. The van der Waals surface area contributed by atoms with Gasteiger partial charge >= 0.3 is 0 Å². The summed E-state index contributed by atoms with van der Waals surface area (Å²) in [5.41, 5.74) is 3.72. The molecule has 2 aromatic carbocycles. The number of hydrogen-bond acceptors (Lipinski definition) is 4. The summed E-state index contributed by atoms with van der Waals surface area (Å²) >= 11 is 0. The van der Waals surface area contributed by atoms with Crippen molar-refractivity contribution in [2.75, 3.05) is 30.9 Å². The molecular weight excluding hydrogens is 324 g/mol. The zero-order valence-electron chi connectivity index (χ0n) is 16.8. The van der Waals surface area contributed by atoms with E-state index in [-0.39, 0.29) is 5.41 Å². The number of para-hydroxylation sites is 2. The van der Waals surface area contributed by atoms with Gasteiger partial charge in [-0.15, -0.1) is 0 Å². The highest BCUT2D eigenvalue weighted by Crippen LogP contribution is 2.32. The lowest BCUT2D eigenvalue weighted by Crippen LogP contribution is -2.19. The van der Waals surface area contributed by atoms with Crippen LogP contribution in [0.3, 0.4) is 0 Å². The Kier molecular flexibility index (Phi) is 6.78. The number of rotatable bonds is 3. The van der Waals surface area contributed by atoms with E-state index in [1.165, 1.54) is 5.56 Å². The molecule has 0 unspecified atom stereocenters. The van der Waals surface area contributed by atoms with Crippen molar-refractivity contribution in [3.63, 3.8) is 0 Å². The molecule has 0 aromatic heterocycles. The largest absolute Gasteiger partial charge is 0.495 e. The fourth-order valence-electron chi connectivity index (χ4n) is 2.68. The molecule has 1 aliphatic heterocycles. The van der Waals surface area contributed by atoms with E-state index in [1.807, 2.05) is 24.3 Å². The highest BCUT2D eigenvalue weighted by Gasteiger charge is 2.17. The van der Waals surface area contributed by atoms with Crippen molar-refractivity contribution < 1.29 is 9.47 Å². The van der Waals surface area contributed by atoms with Crippen LogP contribution in [0.15, 0.2) is 42.5 Å². The van der Waals surface area contributed by atoms with Gasteiger partial charge in [-0.2, -0.15) is 0 Å². The molecule has 0 aliphatic carbocycles. The van der Waals surface area contributed by atoms with E-state index in [1.54, 1.807) is 7.11 Å². The molecular formula is C22H32N2O2. The van der Waals surface area contributed by atoms with Gasteiger partial charge in [0.15, 0.2) is 0 Å². The highest BCUT2D eigenvalue weighted by atomic mass is 16.5. The lowest BCUT2D eigenvalue weighted by Gasteiger charge is -2.24. The zero-order chi connectivity index (χ0) is 19.2.